The fraction of sp³-hybridized carbons (Fsp3) is 0.217. The minimum Gasteiger partial charge on any atom is -0.494 e. The van der Waals surface area contributed by atoms with E-state index in [-0.39, 0.29) is 21.3 Å². The monoisotopic (exact) mass is 540 g/mol. The van der Waals surface area contributed by atoms with Gasteiger partial charge in [-0.15, -0.1) is 0 Å². The summed E-state index contributed by atoms with van der Waals surface area (Å²) in [6, 6.07) is 9.40. The number of benzene rings is 2. The lowest BCUT2D eigenvalue weighted by atomic mass is 10.2. The molecule has 0 radical (unpaired) electrons. The number of anilines is 1. The Morgan fingerprint density at radius 3 is 2.47 bits per heavy atom. The van der Waals surface area contributed by atoms with Crippen molar-refractivity contribution in [3.8, 4) is 5.88 Å². The lowest BCUT2D eigenvalue weighted by Crippen LogP contribution is -2.39. The molecular weight excluding hydrogens is 521 g/mol. The number of aromatic hydroxyl groups is 1. The minimum absolute atomic E-state index is 0.0698. The highest BCUT2D eigenvalue weighted by Gasteiger charge is 2.31. The van der Waals surface area contributed by atoms with E-state index in [1.807, 2.05) is 13.0 Å². The van der Waals surface area contributed by atoms with Gasteiger partial charge in [-0.2, -0.15) is 13.2 Å². The minimum atomic E-state index is -4.63. The summed E-state index contributed by atoms with van der Waals surface area (Å²) in [5, 5.41) is 12.7. The molecule has 0 aliphatic heterocycles. The normalized spacial score (nSPS) is 12.0. The molecule has 8 nitrogen and oxygen atoms in total. The topological polar surface area (TPSA) is 106 Å². The molecule has 0 bridgehead atoms. The molecule has 190 valence electrons. The van der Waals surface area contributed by atoms with Gasteiger partial charge in [0.05, 0.1) is 27.7 Å². The maximum absolute atomic E-state index is 13.0. The number of aromatic nitrogens is 2. The molecule has 0 saturated carbocycles. The number of nitrogens with one attached hydrogen (secondary N) is 1. The number of alkyl halides is 3. The van der Waals surface area contributed by atoms with Gasteiger partial charge in [-0.25, -0.2) is 9.79 Å². The summed E-state index contributed by atoms with van der Waals surface area (Å²) >= 11 is 6.69. The summed E-state index contributed by atoms with van der Waals surface area (Å²) in [5.74, 6) is -1.79. The lowest BCUT2D eigenvalue weighted by molar-refractivity contribution is -0.137. The van der Waals surface area contributed by atoms with Gasteiger partial charge in [0.2, 0.25) is 11.8 Å². The number of carbonyl (C=O) groups excluding carboxylic acids is 1. The predicted octanol–water partition coefficient (Wildman–Crippen LogP) is 4.22. The molecule has 0 saturated heterocycles. The van der Waals surface area contributed by atoms with Crippen LogP contribution >= 0.6 is 23.4 Å². The summed E-state index contributed by atoms with van der Waals surface area (Å²) in [7, 11) is 2.49. The smallest absolute Gasteiger partial charge is 0.416 e. The molecule has 0 fully saturated rings. The van der Waals surface area contributed by atoms with Gasteiger partial charge in [-0.1, -0.05) is 35.5 Å². The molecule has 2 aromatic carbocycles. The van der Waals surface area contributed by atoms with Crippen LogP contribution in [0.5, 0.6) is 5.88 Å². The molecule has 13 heteroatoms. The van der Waals surface area contributed by atoms with Gasteiger partial charge in [0.1, 0.15) is 10.6 Å². The van der Waals surface area contributed by atoms with Crippen LogP contribution in [0, 0.1) is 6.92 Å². The summed E-state index contributed by atoms with van der Waals surface area (Å²) < 4.78 is 40.7. The third-order valence-electron chi connectivity index (χ3n) is 4.99. The van der Waals surface area contributed by atoms with Crippen LogP contribution in [0.15, 0.2) is 57.0 Å². The molecule has 0 spiro atoms. The van der Waals surface area contributed by atoms with Gasteiger partial charge in [0.25, 0.3) is 5.56 Å². The van der Waals surface area contributed by atoms with E-state index >= 15 is 0 Å². The SMILES string of the molecule is Cc1cccc(N=C(SCC(=O)Nc2cc(C(F)(F)F)ccc2Cl)c2c(O)n(C)c(=O)n(C)c2=O)c1. The largest absolute Gasteiger partial charge is 0.494 e. The van der Waals surface area contributed by atoms with Crippen molar-refractivity contribution >= 4 is 45.7 Å². The van der Waals surface area contributed by atoms with Crippen molar-refractivity contribution in [2.75, 3.05) is 11.1 Å². The van der Waals surface area contributed by atoms with Gasteiger partial charge in [-0.3, -0.25) is 18.7 Å². The molecule has 3 rings (SSSR count). The van der Waals surface area contributed by atoms with E-state index in [0.29, 0.717) is 11.8 Å². The number of halogens is 4. The Kier molecular flexibility index (Phi) is 7.99. The first-order valence-corrected chi connectivity index (χ1v) is 11.6. The second-order valence-electron chi connectivity index (χ2n) is 7.69. The first-order chi connectivity index (χ1) is 16.8. The first-order valence-electron chi connectivity index (χ1n) is 10.2. The molecule has 2 N–H and O–H groups in total. The van der Waals surface area contributed by atoms with Crippen molar-refractivity contribution in [2.45, 2.75) is 13.1 Å². The zero-order valence-electron chi connectivity index (χ0n) is 19.2. The van der Waals surface area contributed by atoms with Crippen molar-refractivity contribution in [2.24, 2.45) is 19.1 Å². The Labute approximate surface area is 212 Å². The molecule has 0 aliphatic rings. The quantitative estimate of drug-likeness (QED) is 0.372. The van der Waals surface area contributed by atoms with E-state index in [2.05, 4.69) is 10.3 Å². The van der Waals surface area contributed by atoms with Gasteiger partial charge in [-0.05, 0) is 42.8 Å². The van der Waals surface area contributed by atoms with Gasteiger partial charge in [0.15, 0.2) is 0 Å². The molecule has 1 aromatic heterocycles. The predicted molar refractivity (Wildman–Crippen MR) is 134 cm³/mol. The van der Waals surface area contributed by atoms with Crippen molar-refractivity contribution in [3.05, 3.63) is 85.0 Å². The Balaban J connectivity index is 1.97. The summed E-state index contributed by atoms with van der Waals surface area (Å²) in [6.45, 7) is 1.82. The number of carbonyl (C=O) groups is 1. The highest BCUT2D eigenvalue weighted by Crippen LogP contribution is 2.34. The van der Waals surface area contributed by atoms with Crippen LogP contribution in [0.4, 0.5) is 24.5 Å². The van der Waals surface area contributed by atoms with Crippen LogP contribution in [0.1, 0.15) is 16.7 Å². The van der Waals surface area contributed by atoms with Crippen LogP contribution in [-0.2, 0) is 25.1 Å². The fourth-order valence-electron chi connectivity index (χ4n) is 3.11. The molecule has 0 unspecified atom stereocenters. The van der Waals surface area contributed by atoms with E-state index in [4.69, 9.17) is 11.6 Å². The molecule has 1 heterocycles. The molecule has 36 heavy (non-hydrogen) atoms. The second-order valence-corrected chi connectivity index (χ2v) is 9.06. The number of rotatable bonds is 5. The highest BCUT2D eigenvalue weighted by molar-refractivity contribution is 8.15. The number of amides is 1. The maximum atomic E-state index is 13.0. The number of aryl methyl sites for hydroxylation is 1. The van der Waals surface area contributed by atoms with Crippen molar-refractivity contribution in [1.82, 2.24) is 9.13 Å². The van der Waals surface area contributed by atoms with Gasteiger partial charge >= 0.3 is 11.9 Å². The van der Waals surface area contributed by atoms with Gasteiger partial charge < -0.3 is 10.4 Å². The summed E-state index contributed by atoms with van der Waals surface area (Å²) in [4.78, 5) is 42.0. The highest BCUT2D eigenvalue weighted by atomic mass is 35.5. The molecule has 3 aromatic rings. The third kappa shape index (κ3) is 6.00. The Bertz CT molecular complexity index is 1480. The van der Waals surface area contributed by atoms with Crippen molar-refractivity contribution in [1.29, 1.82) is 0 Å². The van der Waals surface area contributed by atoms with Crippen LogP contribution in [0.3, 0.4) is 0 Å². The zero-order chi connectivity index (χ0) is 26.8. The lowest BCUT2D eigenvalue weighted by Gasteiger charge is -2.13. The van der Waals surface area contributed by atoms with Crippen molar-refractivity contribution in [3.63, 3.8) is 0 Å². The van der Waals surface area contributed by atoms with Crippen LogP contribution in [0.2, 0.25) is 5.02 Å². The Hall–Kier alpha value is -3.51. The van der Waals surface area contributed by atoms with Crippen LogP contribution in [-0.4, -0.2) is 30.9 Å². The Morgan fingerprint density at radius 1 is 1.14 bits per heavy atom. The van der Waals surface area contributed by atoms with Gasteiger partial charge in [0, 0.05) is 14.1 Å². The van der Waals surface area contributed by atoms with Crippen molar-refractivity contribution < 1.29 is 23.1 Å². The Morgan fingerprint density at radius 2 is 1.83 bits per heavy atom. The third-order valence-corrected chi connectivity index (χ3v) is 6.29. The standard InChI is InChI=1S/C23H20ClF3N4O4S/c1-12-5-4-6-14(9-12)28-19(18-20(33)30(2)22(35)31(3)21(18)34)36-11-17(32)29-16-10-13(23(25,26)27)7-8-15(16)24/h4-10,33H,11H2,1-3H3,(H,29,32). The molecular formula is C23H20ClF3N4O4S. The van der Waals surface area contributed by atoms with Crippen LogP contribution in [0.25, 0.3) is 0 Å². The number of aliphatic imine (C=N–C) groups is 1. The number of hydrogen-bond donors (Lipinski definition) is 2. The average Bonchev–Trinajstić information content (AvgIpc) is 2.80. The summed E-state index contributed by atoms with van der Waals surface area (Å²) in [6.07, 6.45) is -4.63. The van der Waals surface area contributed by atoms with E-state index in [1.54, 1.807) is 18.2 Å². The number of thioether (sulfide) groups is 1. The van der Waals surface area contributed by atoms with E-state index in [9.17, 15) is 32.7 Å². The maximum Gasteiger partial charge on any atom is 0.416 e. The molecule has 0 aliphatic carbocycles. The van der Waals surface area contributed by atoms with Crippen LogP contribution < -0.4 is 16.6 Å². The van der Waals surface area contributed by atoms with E-state index in [0.717, 1.165) is 38.6 Å². The molecule has 1 amide bonds. The zero-order valence-corrected chi connectivity index (χ0v) is 20.8. The van der Waals surface area contributed by atoms with E-state index < -0.39 is 40.5 Å². The first kappa shape index (κ1) is 27.1. The van der Waals surface area contributed by atoms with E-state index in [1.165, 1.54) is 14.1 Å². The molecule has 0 atom stereocenters. The summed E-state index contributed by atoms with van der Waals surface area (Å²) in [5.41, 5.74) is -1.88. The average molecular weight is 541 g/mol. The fourth-order valence-corrected chi connectivity index (χ4v) is 4.11. The number of hydrogen-bond acceptors (Lipinski definition) is 6. The number of nitrogens with zero attached hydrogens (tertiary/aromatic N) is 3. The second kappa shape index (κ2) is 10.6.